The third-order valence-electron chi connectivity index (χ3n) is 5.04. The Hall–Kier alpha value is -1.59. The highest BCUT2D eigenvalue weighted by atomic mass is 16.6. The maximum atomic E-state index is 11.2. The molecule has 1 saturated carbocycles. The van der Waals surface area contributed by atoms with Crippen molar-refractivity contribution >= 4 is 5.97 Å². The van der Waals surface area contributed by atoms with E-state index in [2.05, 4.69) is 18.3 Å². The third kappa shape index (κ3) is 8.76. The van der Waals surface area contributed by atoms with Crippen molar-refractivity contribution in [2.24, 2.45) is 5.92 Å². The van der Waals surface area contributed by atoms with Crippen LogP contribution in [0, 0.1) is 5.92 Å². The van der Waals surface area contributed by atoms with Gasteiger partial charge in [-0.25, -0.2) is 4.79 Å². The Balaban J connectivity index is 1.68. The minimum atomic E-state index is -0.339. The highest BCUT2D eigenvalue weighted by molar-refractivity contribution is 5.70. The smallest absolute Gasteiger partial charge is 0.332 e. The Kier molecular flexibility index (Phi) is 10.2. The molecule has 0 saturated heterocycles. The van der Waals surface area contributed by atoms with Gasteiger partial charge < -0.3 is 19.5 Å². The molecule has 0 aliphatic heterocycles. The van der Waals surface area contributed by atoms with Gasteiger partial charge >= 0.3 is 5.97 Å². The highest BCUT2D eigenvalue weighted by Gasteiger charge is 2.16. The van der Waals surface area contributed by atoms with Crippen molar-refractivity contribution in [1.29, 1.82) is 0 Å². The van der Waals surface area contributed by atoms with Gasteiger partial charge in [-0.1, -0.05) is 50.3 Å². The van der Waals surface area contributed by atoms with Crippen molar-refractivity contribution in [3.63, 3.8) is 0 Å². The molecule has 1 aromatic rings. The van der Waals surface area contributed by atoms with Crippen molar-refractivity contribution < 1.29 is 19.0 Å². The molecule has 0 heterocycles. The van der Waals surface area contributed by atoms with Gasteiger partial charge in [0.2, 0.25) is 0 Å². The standard InChI is InChI=1S/C22H35NO4/c1-3-26-22(24)17-25-13-14-27-21-12-8-7-11-20(21)16-23-18(2)15-19-9-5-4-6-10-19/h7-8,11-12,18-19,23H,3-6,9-10,13-17H2,1-2H3. The van der Waals surface area contributed by atoms with Gasteiger partial charge in [-0.15, -0.1) is 0 Å². The summed E-state index contributed by atoms with van der Waals surface area (Å²) < 4.78 is 15.9. The molecule has 0 aromatic heterocycles. The van der Waals surface area contributed by atoms with E-state index < -0.39 is 0 Å². The molecule has 1 fully saturated rings. The number of hydrogen-bond acceptors (Lipinski definition) is 5. The normalized spacial score (nSPS) is 16.1. The van der Waals surface area contributed by atoms with E-state index >= 15 is 0 Å². The molecule has 1 unspecified atom stereocenters. The van der Waals surface area contributed by atoms with Crippen LogP contribution < -0.4 is 10.1 Å². The van der Waals surface area contributed by atoms with Crippen LogP contribution in [0.15, 0.2) is 24.3 Å². The number of carbonyl (C=O) groups is 1. The van der Waals surface area contributed by atoms with Crippen LogP contribution >= 0.6 is 0 Å². The summed E-state index contributed by atoms with van der Waals surface area (Å²) in [6.45, 7) is 5.97. The summed E-state index contributed by atoms with van der Waals surface area (Å²) in [6.07, 6.45) is 8.23. The molecular formula is C22H35NO4. The summed E-state index contributed by atoms with van der Waals surface area (Å²) in [4.78, 5) is 11.2. The predicted octanol–water partition coefficient (Wildman–Crippen LogP) is 4.09. The fourth-order valence-corrected chi connectivity index (χ4v) is 3.65. The number of para-hydroxylation sites is 1. The fourth-order valence-electron chi connectivity index (χ4n) is 3.65. The van der Waals surface area contributed by atoms with Gasteiger partial charge in [-0.05, 0) is 32.3 Å². The molecule has 1 atom stereocenters. The quantitative estimate of drug-likeness (QED) is 0.439. The number of nitrogens with one attached hydrogen (secondary N) is 1. The maximum absolute atomic E-state index is 11.2. The van der Waals surface area contributed by atoms with Crippen molar-refractivity contribution in [1.82, 2.24) is 5.32 Å². The second-order valence-electron chi connectivity index (χ2n) is 7.34. The Labute approximate surface area is 163 Å². The minimum Gasteiger partial charge on any atom is -0.491 e. The van der Waals surface area contributed by atoms with E-state index in [4.69, 9.17) is 14.2 Å². The Morgan fingerprint density at radius 1 is 1.19 bits per heavy atom. The number of carbonyl (C=O) groups excluding carboxylic acids is 1. The summed E-state index contributed by atoms with van der Waals surface area (Å²) in [5, 5.41) is 3.64. The number of rotatable bonds is 12. The van der Waals surface area contributed by atoms with Gasteiger partial charge in [0, 0.05) is 18.2 Å². The van der Waals surface area contributed by atoms with Crippen LogP contribution in [0.1, 0.15) is 57.9 Å². The van der Waals surface area contributed by atoms with E-state index in [-0.39, 0.29) is 12.6 Å². The second kappa shape index (κ2) is 12.7. The molecule has 1 aliphatic rings. The summed E-state index contributed by atoms with van der Waals surface area (Å²) in [5.74, 6) is 1.41. The molecular weight excluding hydrogens is 342 g/mol. The van der Waals surface area contributed by atoms with Crippen LogP contribution in [0.2, 0.25) is 0 Å². The number of benzene rings is 1. The van der Waals surface area contributed by atoms with Gasteiger partial charge in [0.1, 0.15) is 19.0 Å². The number of esters is 1. The average Bonchev–Trinajstić information content (AvgIpc) is 2.68. The van der Waals surface area contributed by atoms with E-state index in [0.29, 0.717) is 25.9 Å². The van der Waals surface area contributed by atoms with E-state index in [1.807, 2.05) is 18.2 Å². The first-order chi connectivity index (χ1) is 13.2. The Morgan fingerprint density at radius 3 is 2.74 bits per heavy atom. The first-order valence-corrected chi connectivity index (χ1v) is 10.4. The SMILES string of the molecule is CCOC(=O)COCCOc1ccccc1CNC(C)CC1CCCCC1. The molecule has 5 nitrogen and oxygen atoms in total. The molecule has 2 rings (SSSR count). The number of ether oxygens (including phenoxy) is 3. The van der Waals surface area contributed by atoms with Gasteiger partial charge in [0.05, 0.1) is 13.2 Å². The lowest BCUT2D eigenvalue weighted by Gasteiger charge is -2.25. The maximum Gasteiger partial charge on any atom is 0.332 e. The lowest BCUT2D eigenvalue weighted by molar-refractivity contribution is -0.148. The molecule has 0 bridgehead atoms. The van der Waals surface area contributed by atoms with Crippen LogP contribution in [-0.4, -0.2) is 38.4 Å². The molecule has 1 aliphatic carbocycles. The molecule has 5 heteroatoms. The third-order valence-corrected chi connectivity index (χ3v) is 5.04. The number of hydrogen-bond donors (Lipinski definition) is 1. The second-order valence-corrected chi connectivity index (χ2v) is 7.34. The summed E-state index contributed by atoms with van der Waals surface area (Å²) in [5.41, 5.74) is 1.15. The first-order valence-electron chi connectivity index (χ1n) is 10.4. The van der Waals surface area contributed by atoms with Crippen molar-refractivity contribution in [3.8, 4) is 5.75 Å². The average molecular weight is 378 g/mol. The largest absolute Gasteiger partial charge is 0.491 e. The first kappa shape index (κ1) is 21.7. The van der Waals surface area contributed by atoms with Crippen molar-refractivity contribution in [2.45, 2.75) is 65.0 Å². The monoisotopic (exact) mass is 377 g/mol. The zero-order valence-electron chi connectivity index (χ0n) is 16.9. The Morgan fingerprint density at radius 2 is 1.96 bits per heavy atom. The lowest BCUT2D eigenvalue weighted by atomic mass is 9.85. The van der Waals surface area contributed by atoms with Crippen LogP contribution in [0.3, 0.4) is 0 Å². The van der Waals surface area contributed by atoms with E-state index in [1.165, 1.54) is 38.5 Å². The summed E-state index contributed by atoms with van der Waals surface area (Å²) >= 11 is 0. The molecule has 152 valence electrons. The molecule has 0 amide bonds. The van der Waals surface area contributed by atoms with E-state index in [1.54, 1.807) is 6.92 Å². The van der Waals surface area contributed by atoms with Crippen LogP contribution in [0.4, 0.5) is 0 Å². The fraction of sp³-hybridized carbons (Fsp3) is 0.682. The van der Waals surface area contributed by atoms with E-state index in [0.717, 1.165) is 23.8 Å². The molecule has 27 heavy (non-hydrogen) atoms. The zero-order chi connectivity index (χ0) is 19.3. The van der Waals surface area contributed by atoms with Gasteiger partial charge in [-0.2, -0.15) is 0 Å². The van der Waals surface area contributed by atoms with Crippen LogP contribution in [0.25, 0.3) is 0 Å². The van der Waals surface area contributed by atoms with Gasteiger partial charge in [-0.3, -0.25) is 0 Å². The zero-order valence-corrected chi connectivity index (χ0v) is 16.9. The van der Waals surface area contributed by atoms with Crippen molar-refractivity contribution in [3.05, 3.63) is 29.8 Å². The summed E-state index contributed by atoms with van der Waals surface area (Å²) in [6, 6.07) is 8.59. The van der Waals surface area contributed by atoms with E-state index in [9.17, 15) is 4.79 Å². The minimum absolute atomic E-state index is 0.0287. The molecule has 1 N–H and O–H groups in total. The van der Waals surface area contributed by atoms with Crippen molar-refractivity contribution in [2.75, 3.05) is 26.4 Å². The molecule has 1 aromatic carbocycles. The summed E-state index contributed by atoms with van der Waals surface area (Å²) in [7, 11) is 0. The van der Waals surface area contributed by atoms with Gasteiger partial charge in [0.25, 0.3) is 0 Å². The molecule has 0 spiro atoms. The van der Waals surface area contributed by atoms with Gasteiger partial charge in [0.15, 0.2) is 0 Å². The Bertz CT molecular complexity index is 543. The topological polar surface area (TPSA) is 56.8 Å². The predicted molar refractivity (Wildman–Crippen MR) is 107 cm³/mol. The van der Waals surface area contributed by atoms with Crippen LogP contribution in [-0.2, 0) is 20.8 Å². The molecule has 0 radical (unpaired) electrons. The highest BCUT2D eigenvalue weighted by Crippen LogP contribution is 2.27. The lowest BCUT2D eigenvalue weighted by Crippen LogP contribution is -2.28. The van der Waals surface area contributed by atoms with Crippen LogP contribution in [0.5, 0.6) is 5.75 Å².